The summed E-state index contributed by atoms with van der Waals surface area (Å²) in [5.41, 5.74) is 0. The molecule has 0 aliphatic carbocycles. The van der Waals surface area contributed by atoms with Crippen molar-refractivity contribution in [1.29, 1.82) is 0 Å². The molecule has 0 saturated carbocycles. The minimum atomic E-state index is 0.840. The van der Waals surface area contributed by atoms with Gasteiger partial charge in [-0.2, -0.15) is 0 Å². The number of rotatable bonds is 0. The van der Waals surface area contributed by atoms with Crippen LogP contribution >= 0.6 is 0 Å². The van der Waals surface area contributed by atoms with E-state index in [4.69, 9.17) is 0 Å². The van der Waals surface area contributed by atoms with Gasteiger partial charge in [-0.3, -0.25) is 0 Å². The zero-order valence-corrected chi connectivity index (χ0v) is 5.86. The van der Waals surface area contributed by atoms with Crippen molar-refractivity contribution < 1.29 is 0 Å². The summed E-state index contributed by atoms with van der Waals surface area (Å²) in [4.78, 5) is 0. The van der Waals surface area contributed by atoms with Crippen LogP contribution in [0.3, 0.4) is 0 Å². The first-order valence-electron chi connectivity index (χ1n) is 1.97. The summed E-state index contributed by atoms with van der Waals surface area (Å²) in [6.07, 6.45) is 4.71. The maximum absolute atomic E-state index is 2.35. The van der Waals surface area contributed by atoms with Gasteiger partial charge in [0.15, 0.2) is 0 Å². The van der Waals surface area contributed by atoms with E-state index in [0.717, 1.165) is 21.8 Å². The Morgan fingerprint density at radius 2 is 1.33 bits per heavy atom. The minimum absolute atomic E-state index is 0.840. The molecule has 1 rings (SSSR count). The molecule has 1 heterocycles. The van der Waals surface area contributed by atoms with E-state index in [9.17, 15) is 0 Å². The van der Waals surface area contributed by atoms with Crippen molar-refractivity contribution in [2.24, 2.45) is 0 Å². The molecule has 0 nitrogen and oxygen atoms in total. The lowest BCUT2D eigenvalue weighted by Crippen LogP contribution is -2.34. The summed E-state index contributed by atoms with van der Waals surface area (Å²) in [6.45, 7) is 0. The van der Waals surface area contributed by atoms with E-state index in [2.05, 4.69) is 12.5 Å². The van der Waals surface area contributed by atoms with Crippen molar-refractivity contribution >= 4 is 21.8 Å². The third-order valence-corrected chi connectivity index (χ3v) is 7.24. The third-order valence-electron chi connectivity index (χ3n) is 0.805. The molecule has 0 radical (unpaired) electrons. The van der Waals surface area contributed by atoms with Crippen LogP contribution in [0.2, 0.25) is 0 Å². The second-order valence-electron chi connectivity index (χ2n) is 1.80. The zero-order chi connectivity index (χ0) is 4.57. The van der Waals surface area contributed by atoms with Gasteiger partial charge in [0, 0.05) is 0 Å². The maximum atomic E-state index is 2.35. The van der Waals surface area contributed by atoms with Gasteiger partial charge in [0.05, 0.1) is 21.8 Å². The molecule has 6 heavy (non-hydrogen) atoms. The lowest BCUT2D eigenvalue weighted by Gasteiger charge is -2.08. The average molecular weight is 122 g/mol. The monoisotopic (exact) mass is 122 g/mol. The Morgan fingerprint density at radius 3 is 1.33 bits per heavy atom. The third kappa shape index (κ3) is 0.850. The SMILES string of the molecule is C[S+]1C[S+](C)C1. The van der Waals surface area contributed by atoms with Crippen LogP contribution < -0.4 is 0 Å². The van der Waals surface area contributed by atoms with Gasteiger partial charge in [0.1, 0.15) is 12.5 Å². The second kappa shape index (κ2) is 1.66. The van der Waals surface area contributed by atoms with E-state index < -0.39 is 0 Å². The molecular weight excluding hydrogens is 112 g/mol. The molecule has 2 heteroatoms. The van der Waals surface area contributed by atoms with Gasteiger partial charge in [-0.15, -0.1) is 0 Å². The number of hydrogen-bond donors (Lipinski definition) is 0. The minimum Gasteiger partial charge on any atom is 0.0849 e. The molecule has 0 amide bonds. The van der Waals surface area contributed by atoms with Crippen LogP contribution in [0.15, 0.2) is 0 Å². The molecule has 0 unspecified atom stereocenters. The maximum Gasteiger partial charge on any atom is 0.266 e. The molecule has 0 N–H and O–H groups in total. The fraction of sp³-hybridized carbons (Fsp3) is 1.00. The van der Waals surface area contributed by atoms with Crippen molar-refractivity contribution in [3.05, 3.63) is 0 Å². The fourth-order valence-electron chi connectivity index (χ4n) is 0.652. The molecule has 36 valence electrons. The molecule has 1 fully saturated rings. The summed E-state index contributed by atoms with van der Waals surface area (Å²) >= 11 is 0. The summed E-state index contributed by atoms with van der Waals surface area (Å²) in [6, 6.07) is 0. The molecule has 1 saturated heterocycles. The van der Waals surface area contributed by atoms with Crippen LogP contribution in [0, 0.1) is 0 Å². The van der Waals surface area contributed by atoms with Gasteiger partial charge in [-0.25, -0.2) is 0 Å². The summed E-state index contributed by atoms with van der Waals surface area (Å²) < 4.78 is 0. The molecule has 0 spiro atoms. The van der Waals surface area contributed by atoms with E-state index in [0.29, 0.717) is 0 Å². The molecular formula is C4H10S2+2. The average Bonchev–Trinajstić information content (AvgIpc) is 1.33. The second-order valence-corrected chi connectivity index (χ2v) is 6.81. The van der Waals surface area contributed by atoms with E-state index >= 15 is 0 Å². The lowest BCUT2D eigenvalue weighted by molar-refractivity contribution is 1.85. The van der Waals surface area contributed by atoms with Crippen molar-refractivity contribution in [2.75, 3.05) is 22.7 Å². The Hall–Kier alpha value is 0.700. The van der Waals surface area contributed by atoms with Crippen LogP contribution in [0.25, 0.3) is 0 Å². The highest BCUT2D eigenvalue weighted by Gasteiger charge is 2.40. The van der Waals surface area contributed by atoms with Crippen molar-refractivity contribution in [1.82, 2.24) is 0 Å². The van der Waals surface area contributed by atoms with E-state index in [-0.39, 0.29) is 0 Å². The Balaban J connectivity index is 2.11. The summed E-state index contributed by atoms with van der Waals surface area (Å²) in [5.74, 6) is 0. The predicted molar refractivity (Wildman–Crippen MR) is 36.3 cm³/mol. The first kappa shape index (κ1) is 4.85. The fourth-order valence-corrected chi connectivity index (χ4v) is 5.87. The predicted octanol–water partition coefficient (Wildman–Crippen LogP) is 0.411. The van der Waals surface area contributed by atoms with Gasteiger partial charge in [-0.1, -0.05) is 0 Å². The van der Waals surface area contributed by atoms with Gasteiger partial charge in [0.25, 0.3) is 10.2 Å². The van der Waals surface area contributed by atoms with Gasteiger partial charge < -0.3 is 0 Å². The van der Waals surface area contributed by atoms with Crippen LogP contribution in [-0.4, -0.2) is 22.7 Å². The van der Waals surface area contributed by atoms with E-state index in [1.165, 1.54) is 10.2 Å². The molecule has 1 aliphatic heterocycles. The van der Waals surface area contributed by atoms with E-state index in [1.54, 1.807) is 0 Å². The first-order chi connectivity index (χ1) is 2.79. The zero-order valence-electron chi connectivity index (χ0n) is 4.23. The van der Waals surface area contributed by atoms with Crippen LogP contribution in [0.5, 0.6) is 0 Å². The molecule has 0 aromatic heterocycles. The van der Waals surface area contributed by atoms with Gasteiger partial charge in [-0.05, 0) is 0 Å². The summed E-state index contributed by atoms with van der Waals surface area (Å²) in [5, 5.41) is 3.06. The molecule has 1 aliphatic rings. The van der Waals surface area contributed by atoms with Crippen LogP contribution in [0.1, 0.15) is 0 Å². The molecule has 0 aromatic rings. The normalized spacial score (nSPS) is 45.0. The van der Waals surface area contributed by atoms with Crippen molar-refractivity contribution in [3.63, 3.8) is 0 Å². The first-order valence-corrected chi connectivity index (χ1v) is 5.91. The highest BCUT2D eigenvalue weighted by atomic mass is 32.3. The van der Waals surface area contributed by atoms with Crippen molar-refractivity contribution in [3.8, 4) is 0 Å². The van der Waals surface area contributed by atoms with Gasteiger partial charge in [0.2, 0.25) is 0 Å². The van der Waals surface area contributed by atoms with E-state index in [1.807, 2.05) is 0 Å². The highest BCUT2D eigenvalue weighted by Crippen LogP contribution is 2.14. The smallest absolute Gasteiger partial charge is 0.0849 e. The topological polar surface area (TPSA) is 0 Å². The van der Waals surface area contributed by atoms with Crippen LogP contribution in [-0.2, 0) is 21.8 Å². The largest absolute Gasteiger partial charge is 0.266 e. The molecule has 0 atom stereocenters. The molecule has 0 aromatic carbocycles. The van der Waals surface area contributed by atoms with Crippen LogP contribution in [0.4, 0.5) is 0 Å². The standard InChI is InChI=1S/C4H10S2/c1-5-3-6(2)4-5/h3-4H2,1-2H3/q+2. The Bertz CT molecular complexity index is 41.5. The summed E-state index contributed by atoms with van der Waals surface area (Å²) in [7, 11) is 1.68. The highest BCUT2D eigenvalue weighted by molar-refractivity contribution is 8.27. The van der Waals surface area contributed by atoms with Gasteiger partial charge >= 0.3 is 0 Å². The Labute approximate surface area is 45.0 Å². The Kier molecular flexibility index (Phi) is 1.34. The quantitative estimate of drug-likeness (QED) is 0.408. The lowest BCUT2D eigenvalue weighted by atomic mass is 11.8. The molecule has 0 bridgehead atoms. The number of hydrogen-bond acceptors (Lipinski definition) is 0. The Morgan fingerprint density at radius 1 is 1.00 bits per heavy atom. The van der Waals surface area contributed by atoms with Crippen molar-refractivity contribution in [2.45, 2.75) is 0 Å².